The van der Waals surface area contributed by atoms with Crippen LogP contribution in [-0.2, 0) is 10.0 Å². The number of β-amino-alcohol motifs (C(OH)–C–C–N with tert-alkyl or cyclic N) is 1. The number of carbonyl (C=O) groups excluding carboxylic acids is 1. The lowest BCUT2D eigenvalue weighted by Gasteiger charge is -2.20. The first-order valence-corrected chi connectivity index (χ1v) is 10.2. The van der Waals surface area contributed by atoms with E-state index in [0.717, 1.165) is 29.2 Å². The molecule has 0 bridgehead atoms. The van der Waals surface area contributed by atoms with Gasteiger partial charge < -0.3 is 10.0 Å². The number of carbonyl (C=O) groups is 1. The van der Waals surface area contributed by atoms with Crippen LogP contribution in [0.1, 0.15) is 10.4 Å². The topological polar surface area (TPSA) is 77.9 Å². The van der Waals surface area contributed by atoms with Gasteiger partial charge in [-0.25, -0.2) is 21.6 Å². The molecule has 0 spiro atoms. The number of aliphatic hydroxyl groups excluding tert-OH is 1. The lowest BCUT2D eigenvalue weighted by Crippen LogP contribution is -2.31. The zero-order chi connectivity index (χ0) is 21.5. The van der Waals surface area contributed by atoms with Crippen molar-refractivity contribution in [3.8, 4) is 0 Å². The van der Waals surface area contributed by atoms with Crippen molar-refractivity contribution in [1.82, 2.24) is 4.31 Å². The summed E-state index contributed by atoms with van der Waals surface area (Å²) in [5.41, 5.74) is 0.0718. The molecule has 0 aromatic heterocycles. The average molecular weight is 449 g/mol. The van der Waals surface area contributed by atoms with Gasteiger partial charge in [-0.2, -0.15) is 4.31 Å². The predicted octanol–water partition coefficient (Wildman–Crippen LogP) is 2.60. The van der Waals surface area contributed by atoms with Gasteiger partial charge in [-0.15, -0.1) is 0 Å². The molecule has 1 N–H and O–H groups in total. The number of rotatable bonds is 4. The lowest BCUT2D eigenvalue weighted by molar-refractivity contribution is 0.0992. The second kappa shape index (κ2) is 7.94. The van der Waals surface area contributed by atoms with E-state index < -0.39 is 57.8 Å². The zero-order valence-electron chi connectivity index (χ0n) is 15.0. The number of hydrogen-bond donors (Lipinski definition) is 1. The summed E-state index contributed by atoms with van der Waals surface area (Å²) < 4.78 is 67.1. The summed E-state index contributed by atoms with van der Waals surface area (Å²) in [6.07, 6.45) is -3.29. The third kappa shape index (κ3) is 4.11. The number of alkyl halides is 1. The van der Waals surface area contributed by atoms with Crippen LogP contribution in [-0.4, -0.2) is 56.1 Å². The van der Waals surface area contributed by atoms with E-state index in [1.807, 2.05) is 0 Å². The van der Waals surface area contributed by atoms with Gasteiger partial charge in [-0.1, -0.05) is 11.6 Å². The van der Waals surface area contributed by atoms with Crippen LogP contribution in [0.2, 0.25) is 5.02 Å². The summed E-state index contributed by atoms with van der Waals surface area (Å²) in [7, 11) is -3.12. The van der Waals surface area contributed by atoms with Gasteiger partial charge in [0.15, 0.2) is 0 Å². The molecule has 1 fully saturated rings. The third-order valence-electron chi connectivity index (χ3n) is 4.58. The van der Waals surface area contributed by atoms with Crippen LogP contribution in [0.4, 0.5) is 18.9 Å². The van der Waals surface area contributed by atoms with Crippen LogP contribution < -0.4 is 4.90 Å². The van der Waals surface area contributed by atoms with E-state index in [9.17, 15) is 31.5 Å². The summed E-state index contributed by atoms with van der Waals surface area (Å²) in [5, 5.41) is 9.25. The van der Waals surface area contributed by atoms with Gasteiger partial charge >= 0.3 is 0 Å². The van der Waals surface area contributed by atoms with Crippen LogP contribution in [0.3, 0.4) is 0 Å². The Balaban J connectivity index is 1.94. The quantitative estimate of drug-likeness (QED) is 0.780. The van der Waals surface area contributed by atoms with Gasteiger partial charge in [0.05, 0.1) is 5.02 Å². The molecule has 2 aromatic carbocycles. The molecule has 1 aliphatic heterocycles. The lowest BCUT2D eigenvalue weighted by atomic mass is 10.2. The third-order valence-corrected chi connectivity index (χ3v) is 6.71. The summed E-state index contributed by atoms with van der Waals surface area (Å²) in [6, 6.07) is 6.32. The molecule has 1 heterocycles. The van der Waals surface area contributed by atoms with E-state index in [2.05, 4.69) is 0 Å². The highest BCUT2D eigenvalue weighted by Gasteiger charge is 2.40. The second-order valence-corrected chi connectivity index (χ2v) is 8.83. The highest BCUT2D eigenvalue weighted by Crippen LogP contribution is 2.27. The van der Waals surface area contributed by atoms with E-state index >= 15 is 0 Å². The first-order valence-electron chi connectivity index (χ1n) is 8.37. The fourth-order valence-corrected chi connectivity index (χ4v) is 4.62. The molecule has 1 amide bonds. The molecule has 1 saturated heterocycles. The fraction of sp³-hybridized carbons (Fsp3) is 0.278. The van der Waals surface area contributed by atoms with Crippen molar-refractivity contribution in [2.75, 3.05) is 25.0 Å². The van der Waals surface area contributed by atoms with Gasteiger partial charge in [-0.05, 0) is 36.4 Å². The van der Waals surface area contributed by atoms with Crippen molar-refractivity contribution >= 4 is 33.2 Å². The minimum atomic E-state index is -4.48. The molecule has 29 heavy (non-hydrogen) atoms. The minimum Gasteiger partial charge on any atom is -0.389 e. The number of sulfonamides is 1. The Morgan fingerprint density at radius 2 is 1.83 bits per heavy atom. The SMILES string of the molecule is CN(C(=O)c1ccc(F)c(S(=O)(=O)N2CC(O)C(F)C2)c1)c1ccc(F)c(Cl)c1. The zero-order valence-corrected chi connectivity index (χ0v) is 16.6. The molecule has 0 aliphatic carbocycles. The Morgan fingerprint density at radius 1 is 1.17 bits per heavy atom. The normalized spacial score (nSPS) is 20.1. The Labute approximate surface area is 170 Å². The highest BCUT2D eigenvalue weighted by molar-refractivity contribution is 7.89. The highest BCUT2D eigenvalue weighted by atomic mass is 35.5. The van der Waals surface area contributed by atoms with Crippen molar-refractivity contribution in [3.63, 3.8) is 0 Å². The summed E-state index contributed by atoms with van der Waals surface area (Å²) in [6.45, 7) is -1.13. The Bertz CT molecular complexity index is 1060. The van der Waals surface area contributed by atoms with Crippen molar-refractivity contribution in [3.05, 3.63) is 58.6 Å². The van der Waals surface area contributed by atoms with Gasteiger partial charge in [0.2, 0.25) is 10.0 Å². The number of benzene rings is 2. The molecule has 2 aromatic rings. The molecular weight excluding hydrogens is 433 g/mol. The summed E-state index contributed by atoms with van der Waals surface area (Å²) >= 11 is 5.71. The molecule has 156 valence electrons. The monoisotopic (exact) mass is 448 g/mol. The van der Waals surface area contributed by atoms with Crippen molar-refractivity contribution in [2.24, 2.45) is 0 Å². The van der Waals surface area contributed by atoms with Gasteiger partial charge in [0.1, 0.15) is 28.8 Å². The Hall–Kier alpha value is -2.14. The van der Waals surface area contributed by atoms with E-state index in [1.54, 1.807) is 0 Å². The van der Waals surface area contributed by atoms with Gasteiger partial charge in [0.25, 0.3) is 5.91 Å². The molecule has 1 aliphatic rings. The maximum Gasteiger partial charge on any atom is 0.258 e. The standard InChI is InChI=1S/C18H16ClF3N2O4S/c1-23(11-3-5-13(20)12(19)7-11)18(26)10-2-4-14(21)17(6-10)29(27,28)24-8-15(22)16(25)9-24/h2-7,15-16,25H,8-9H2,1H3. The number of hydrogen-bond acceptors (Lipinski definition) is 4. The maximum atomic E-state index is 14.3. The van der Waals surface area contributed by atoms with Crippen LogP contribution in [0.25, 0.3) is 0 Å². The summed E-state index contributed by atoms with van der Waals surface area (Å²) in [5.74, 6) is -2.50. The van der Waals surface area contributed by atoms with Crippen molar-refractivity contribution in [1.29, 1.82) is 0 Å². The van der Waals surface area contributed by atoms with Crippen LogP contribution in [0.5, 0.6) is 0 Å². The number of nitrogens with zero attached hydrogens (tertiary/aromatic N) is 2. The first kappa shape index (κ1) is 21.6. The molecule has 2 unspecified atom stereocenters. The first-order chi connectivity index (χ1) is 13.5. The van der Waals surface area contributed by atoms with Crippen molar-refractivity contribution < 1.29 is 31.5 Å². The smallest absolute Gasteiger partial charge is 0.258 e. The largest absolute Gasteiger partial charge is 0.389 e. The molecular formula is C18H16ClF3N2O4S. The molecule has 3 rings (SSSR count). The molecule has 0 radical (unpaired) electrons. The van der Waals surface area contributed by atoms with Gasteiger partial charge in [-0.3, -0.25) is 4.79 Å². The Kier molecular flexibility index (Phi) is 5.91. The molecule has 6 nitrogen and oxygen atoms in total. The van der Waals surface area contributed by atoms with Crippen LogP contribution >= 0.6 is 11.6 Å². The van der Waals surface area contributed by atoms with Crippen LogP contribution in [0, 0.1) is 11.6 Å². The predicted molar refractivity (Wildman–Crippen MR) is 100 cm³/mol. The number of anilines is 1. The van der Waals surface area contributed by atoms with Crippen LogP contribution in [0.15, 0.2) is 41.3 Å². The number of aliphatic hydroxyl groups is 1. The number of halogens is 4. The number of amides is 1. The summed E-state index contributed by atoms with van der Waals surface area (Å²) in [4.78, 5) is 13.0. The average Bonchev–Trinajstić information content (AvgIpc) is 3.02. The van der Waals surface area contributed by atoms with E-state index in [1.165, 1.54) is 19.2 Å². The molecule has 0 saturated carbocycles. The maximum absolute atomic E-state index is 14.3. The van der Waals surface area contributed by atoms with E-state index in [4.69, 9.17) is 11.6 Å². The van der Waals surface area contributed by atoms with E-state index in [-0.39, 0.29) is 16.3 Å². The van der Waals surface area contributed by atoms with Crippen molar-refractivity contribution in [2.45, 2.75) is 17.2 Å². The van der Waals surface area contributed by atoms with E-state index in [0.29, 0.717) is 4.31 Å². The molecule has 2 atom stereocenters. The van der Waals surface area contributed by atoms with Gasteiger partial charge in [0, 0.05) is 31.4 Å². The Morgan fingerprint density at radius 3 is 2.41 bits per heavy atom. The fourth-order valence-electron chi connectivity index (χ4n) is 2.89. The molecule has 11 heteroatoms. The minimum absolute atomic E-state index is 0.163. The second-order valence-electron chi connectivity index (χ2n) is 6.51.